The van der Waals surface area contributed by atoms with Crippen molar-refractivity contribution in [3.8, 4) is 11.1 Å². The Morgan fingerprint density at radius 3 is 2.13 bits per heavy atom. The fourth-order valence-corrected chi connectivity index (χ4v) is 5.54. The molecule has 0 saturated heterocycles. The molecule has 3 aromatic carbocycles. The zero-order chi connectivity index (χ0) is 27.2. The number of urea groups is 1. The maximum absolute atomic E-state index is 13.8. The van der Waals surface area contributed by atoms with Crippen molar-refractivity contribution in [3.63, 3.8) is 0 Å². The largest absolute Gasteiger partial charge is 0.480 e. The number of nitrogens with one attached hydrogen (secondary N) is 2. The second-order valence-electron chi connectivity index (χ2n) is 9.07. The van der Waals surface area contributed by atoms with E-state index in [1.807, 2.05) is 30.3 Å². The van der Waals surface area contributed by atoms with Crippen molar-refractivity contribution in [2.75, 3.05) is 17.2 Å². The summed E-state index contributed by atoms with van der Waals surface area (Å²) in [6.07, 6.45) is 4.38. The predicted octanol–water partition coefficient (Wildman–Crippen LogP) is 7.82. The number of carbonyl (C=O) groups is 3. The lowest BCUT2D eigenvalue weighted by molar-refractivity contribution is -0.138. The van der Waals surface area contributed by atoms with Crippen LogP contribution in [0.3, 0.4) is 0 Å². The van der Waals surface area contributed by atoms with Gasteiger partial charge >= 0.3 is 12.0 Å². The molecule has 0 spiro atoms. The highest BCUT2D eigenvalue weighted by Gasteiger charge is 2.30. The van der Waals surface area contributed by atoms with Crippen LogP contribution in [-0.2, 0) is 4.79 Å². The van der Waals surface area contributed by atoms with Gasteiger partial charge in [-0.25, -0.2) is 4.79 Å². The molecule has 0 bridgehead atoms. The first-order chi connectivity index (χ1) is 18.2. The Balaban J connectivity index is 1.69. The Labute approximate surface area is 235 Å². The van der Waals surface area contributed by atoms with E-state index in [2.05, 4.69) is 10.6 Å². The number of amides is 3. The first-order valence-electron chi connectivity index (χ1n) is 12.2. The SMILES string of the molecule is O=C(O)CN(C(=O)c1ccc(-c2ccccc2)cc1NC(=O)Nc1c(Cl)cc(Cl)cc1Cl)C1CCCCC1. The zero-order valence-corrected chi connectivity index (χ0v) is 22.6. The van der Waals surface area contributed by atoms with Crippen molar-refractivity contribution in [2.45, 2.75) is 38.1 Å². The van der Waals surface area contributed by atoms with E-state index in [9.17, 15) is 19.5 Å². The molecule has 0 radical (unpaired) electrons. The van der Waals surface area contributed by atoms with Gasteiger partial charge in [0.25, 0.3) is 5.91 Å². The molecule has 0 atom stereocenters. The van der Waals surface area contributed by atoms with Crippen molar-refractivity contribution in [1.82, 2.24) is 4.90 Å². The summed E-state index contributed by atoms with van der Waals surface area (Å²) in [6.45, 7) is -0.425. The number of carboxylic acid groups (broad SMARTS) is 1. The summed E-state index contributed by atoms with van der Waals surface area (Å²) in [5, 5.41) is 15.5. The molecular formula is C28H26Cl3N3O4. The summed E-state index contributed by atoms with van der Waals surface area (Å²) in [6, 6.07) is 16.6. The second-order valence-corrected chi connectivity index (χ2v) is 10.3. The third-order valence-corrected chi connectivity index (χ3v) is 7.25. The summed E-state index contributed by atoms with van der Waals surface area (Å²) in [5.41, 5.74) is 2.22. The normalized spacial score (nSPS) is 13.6. The highest BCUT2D eigenvalue weighted by atomic mass is 35.5. The lowest BCUT2D eigenvalue weighted by Crippen LogP contribution is -2.44. The highest BCUT2D eigenvalue weighted by molar-refractivity contribution is 6.42. The first-order valence-corrected chi connectivity index (χ1v) is 13.3. The summed E-state index contributed by atoms with van der Waals surface area (Å²) in [4.78, 5) is 39.9. The smallest absolute Gasteiger partial charge is 0.323 e. The fourth-order valence-electron chi connectivity index (χ4n) is 4.63. The van der Waals surface area contributed by atoms with Gasteiger partial charge in [-0.1, -0.05) is 90.5 Å². The second kappa shape index (κ2) is 12.5. The molecular weight excluding hydrogens is 549 g/mol. The lowest BCUT2D eigenvalue weighted by atomic mass is 9.93. The van der Waals surface area contributed by atoms with Gasteiger partial charge in [-0.15, -0.1) is 0 Å². The van der Waals surface area contributed by atoms with Crippen LogP contribution in [0.25, 0.3) is 11.1 Å². The van der Waals surface area contributed by atoms with E-state index in [4.69, 9.17) is 34.8 Å². The molecule has 198 valence electrons. The number of benzene rings is 3. The van der Waals surface area contributed by atoms with Gasteiger partial charge in [0.2, 0.25) is 0 Å². The third kappa shape index (κ3) is 6.78. The minimum absolute atomic E-state index is 0.150. The molecule has 10 heteroatoms. The molecule has 1 aliphatic rings. The van der Waals surface area contributed by atoms with Crippen LogP contribution < -0.4 is 10.6 Å². The number of nitrogens with zero attached hydrogens (tertiary/aromatic N) is 1. The molecule has 1 fully saturated rings. The number of hydrogen-bond acceptors (Lipinski definition) is 3. The summed E-state index contributed by atoms with van der Waals surface area (Å²) >= 11 is 18.4. The minimum atomic E-state index is -1.09. The Morgan fingerprint density at radius 1 is 0.842 bits per heavy atom. The van der Waals surface area contributed by atoms with E-state index < -0.39 is 24.5 Å². The van der Waals surface area contributed by atoms with Gasteiger partial charge < -0.3 is 20.6 Å². The number of carboxylic acids is 1. The molecule has 1 saturated carbocycles. The van der Waals surface area contributed by atoms with E-state index in [0.29, 0.717) is 5.02 Å². The maximum Gasteiger partial charge on any atom is 0.323 e. The maximum atomic E-state index is 13.8. The fraction of sp³-hybridized carbons (Fsp3) is 0.250. The highest BCUT2D eigenvalue weighted by Crippen LogP contribution is 2.34. The summed E-state index contributed by atoms with van der Waals surface area (Å²) in [7, 11) is 0. The number of anilines is 2. The Morgan fingerprint density at radius 2 is 1.50 bits per heavy atom. The van der Waals surface area contributed by atoms with Crippen molar-refractivity contribution < 1.29 is 19.5 Å². The number of halogens is 3. The molecule has 3 N–H and O–H groups in total. The Hall–Kier alpha value is -3.26. The van der Waals surface area contributed by atoms with Crippen molar-refractivity contribution >= 4 is 64.1 Å². The van der Waals surface area contributed by atoms with Crippen LogP contribution in [0.1, 0.15) is 42.5 Å². The number of aliphatic carboxylic acids is 1. The Kier molecular flexibility index (Phi) is 9.15. The van der Waals surface area contributed by atoms with Crippen LogP contribution in [0.15, 0.2) is 60.7 Å². The van der Waals surface area contributed by atoms with Gasteiger partial charge in [0.1, 0.15) is 6.54 Å². The van der Waals surface area contributed by atoms with Crippen molar-refractivity contribution in [1.29, 1.82) is 0 Å². The van der Waals surface area contributed by atoms with Crippen LogP contribution in [0.5, 0.6) is 0 Å². The average molecular weight is 575 g/mol. The van der Waals surface area contributed by atoms with Crippen LogP contribution in [-0.4, -0.2) is 40.5 Å². The third-order valence-electron chi connectivity index (χ3n) is 6.43. The summed E-state index contributed by atoms with van der Waals surface area (Å²) < 4.78 is 0. The van der Waals surface area contributed by atoms with Crippen molar-refractivity contribution in [3.05, 3.63) is 81.3 Å². The van der Waals surface area contributed by atoms with Gasteiger partial charge in [-0.3, -0.25) is 9.59 Å². The number of rotatable bonds is 7. The van der Waals surface area contributed by atoms with E-state index in [0.717, 1.165) is 43.2 Å². The standard InChI is InChI=1S/C28H26Cl3N3O4/c29-19-14-22(30)26(23(31)15-19)33-28(38)32-24-13-18(17-7-3-1-4-8-17)11-12-21(24)27(37)34(16-25(35)36)20-9-5-2-6-10-20/h1,3-4,7-8,11-15,20H,2,5-6,9-10,16H2,(H,35,36)(H2,32,33,38). The minimum Gasteiger partial charge on any atom is -0.480 e. The molecule has 0 unspecified atom stereocenters. The first kappa shape index (κ1) is 27.8. The molecule has 4 rings (SSSR count). The number of hydrogen-bond donors (Lipinski definition) is 3. The zero-order valence-electron chi connectivity index (χ0n) is 20.3. The van der Waals surface area contributed by atoms with Crippen LogP contribution in [0.4, 0.5) is 16.2 Å². The van der Waals surface area contributed by atoms with Gasteiger partial charge in [0.05, 0.1) is 27.0 Å². The number of carbonyl (C=O) groups excluding carboxylic acids is 2. The molecule has 0 aliphatic heterocycles. The average Bonchev–Trinajstić information content (AvgIpc) is 2.90. The topological polar surface area (TPSA) is 98.7 Å². The van der Waals surface area contributed by atoms with E-state index in [1.54, 1.807) is 18.2 Å². The lowest BCUT2D eigenvalue weighted by Gasteiger charge is -2.33. The van der Waals surface area contributed by atoms with Crippen LogP contribution in [0, 0.1) is 0 Å². The molecule has 38 heavy (non-hydrogen) atoms. The monoisotopic (exact) mass is 573 g/mol. The van der Waals surface area contributed by atoms with Gasteiger partial charge in [-0.05, 0) is 48.2 Å². The van der Waals surface area contributed by atoms with Crippen LogP contribution in [0.2, 0.25) is 15.1 Å². The Bertz CT molecular complexity index is 1320. The van der Waals surface area contributed by atoms with Crippen molar-refractivity contribution in [2.24, 2.45) is 0 Å². The quantitative estimate of drug-likeness (QED) is 0.268. The molecule has 0 aromatic heterocycles. The van der Waals surface area contributed by atoms with Gasteiger partial charge in [0.15, 0.2) is 0 Å². The van der Waals surface area contributed by atoms with Gasteiger partial charge in [-0.2, -0.15) is 0 Å². The van der Waals surface area contributed by atoms with E-state index in [-0.39, 0.29) is 33.0 Å². The summed E-state index contributed by atoms with van der Waals surface area (Å²) in [5.74, 6) is -1.55. The predicted molar refractivity (Wildman–Crippen MR) is 152 cm³/mol. The molecule has 1 aliphatic carbocycles. The van der Waals surface area contributed by atoms with Crippen LogP contribution >= 0.6 is 34.8 Å². The van der Waals surface area contributed by atoms with Gasteiger partial charge in [0, 0.05) is 11.1 Å². The molecule has 3 aromatic rings. The molecule has 3 amide bonds. The van der Waals surface area contributed by atoms with E-state index >= 15 is 0 Å². The van der Waals surface area contributed by atoms with E-state index in [1.165, 1.54) is 17.0 Å². The molecule has 7 nitrogen and oxygen atoms in total. The molecule has 0 heterocycles.